The van der Waals surface area contributed by atoms with Gasteiger partial charge in [-0.1, -0.05) is 0 Å². The number of fused-ring (bicyclic) bond motifs is 2. The fourth-order valence-electron chi connectivity index (χ4n) is 1.91. The molecule has 1 aromatic carbocycles. The number of H-pyrrole nitrogens is 2. The minimum atomic E-state index is 0.852. The Morgan fingerprint density at radius 3 is 1.61 bits per heavy atom. The van der Waals surface area contributed by atoms with Gasteiger partial charge in [-0.15, -0.1) is 0 Å². The van der Waals surface area contributed by atoms with E-state index in [1.54, 1.807) is 0 Å². The van der Waals surface area contributed by atoms with Crippen LogP contribution in [-0.2, 0) is 0 Å². The Balaban J connectivity index is 2.21. The molecule has 0 saturated heterocycles. The lowest BCUT2D eigenvalue weighted by atomic mass is 10.3. The average Bonchev–Trinajstić information content (AvgIpc) is 2.87. The normalized spacial score (nSPS) is 11.3. The maximum atomic E-state index is 4.52. The van der Waals surface area contributed by atoms with E-state index >= 15 is 0 Å². The zero-order chi connectivity index (χ0) is 12.9. The van der Waals surface area contributed by atoms with Gasteiger partial charge in [-0.2, -0.15) is 0 Å². The van der Waals surface area contributed by atoms with Gasteiger partial charge < -0.3 is 19.8 Å². The molecular weight excluding hydrogens is 228 g/mol. The Morgan fingerprint density at radius 2 is 1.22 bits per heavy atom. The zero-order valence-electron chi connectivity index (χ0n) is 10.9. The lowest BCUT2D eigenvalue weighted by Gasteiger charge is -2.05. The molecule has 0 aliphatic heterocycles. The van der Waals surface area contributed by atoms with Gasteiger partial charge in [0.25, 0.3) is 0 Å². The topological polar surface area (TPSA) is 63.8 Å². The number of imidazole rings is 2. The molecule has 0 atom stereocenters. The first-order chi connectivity index (χ1) is 8.54. The SMILES string of the molecule is CN(C)c1nc2cc3nc(N(C)C)[nH]c3cc2[nH]1. The molecule has 3 rings (SSSR count). The van der Waals surface area contributed by atoms with E-state index in [1.165, 1.54) is 0 Å². The predicted octanol–water partition coefficient (Wildman–Crippen LogP) is 1.57. The highest BCUT2D eigenvalue weighted by Crippen LogP contribution is 2.23. The summed E-state index contributed by atoms with van der Waals surface area (Å²) in [5.74, 6) is 1.70. The number of nitrogens with one attached hydrogen (secondary N) is 2. The third-order valence-electron chi connectivity index (χ3n) is 2.91. The number of hydrogen-bond acceptors (Lipinski definition) is 4. The van der Waals surface area contributed by atoms with Gasteiger partial charge in [0.2, 0.25) is 11.9 Å². The summed E-state index contributed by atoms with van der Waals surface area (Å²) in [5.41, 5.74) is 3.89. The molecule has 94 valence electrons. The minimum absolute atomic E-state index is 0.852. The Morgan fingerprint density at radius 1 is 0.778 bits per heavy atom. The maximum absolute atomic E-state index is 4.52. The van der Waals surface area contributed by atoms with Gasteiger partial charge in [0, 0.05) is 28.2 Å². The van der Waals surface area contributed by atoms with Crippen molar-refractivity contribution in [2.45, 2.75) is 0 Å². The van der Waals surface area contributed by atoms with Gasteiger partial charge in [0.15, 0.2) is 0 Å². The fraction of sp³-hybridized carbons (Fsp3) is 0.333. The van der Waals surface area contributed by atoms with Crippen molar-refractivity contribution in [3.05, 3.63) is 12.1 Å². The number of hydrogen-bond donors (Lipinski definition) is 2. The van der Waals surface area contributed by atoms with E-state index in [4.69, 9.17) is 0 Å². The van der Waals surface area contributed by atoms with E-state index in [0.717, 1.165) is 34.0 Å². The Bertz CT molecular complexity index is 597. The summed E-state index contributed by atoms with van der Waals surface area (Å²) < 4.78 is 0. The number of anilines is 2. The van der Waals surface area contributed by atoms with Gasteiger partial charge in [0.1, 0.15) is 0 Å². The van der Waals surface area contributed by atoms with Crippen molar-refractivity contribution in [1.29, 1.82) is 0 Å². The molecular formula is C12H16N6. The molecule has 0 spiro atoms. The van der Waals surface area contributed by atoms with Crippen LogP contribution in [0.2, 0.25) is 0 Å². The zero-order valence-corrected chi connectivity index (χ0v) is 10.9. The van der Waals surface area contributed by atoms with E-state index in [9.17, 15) is 0 Å². The van der Waals surface area contributed by atoms with Crippen LogP contribution in [0.4, 0.5) is 11.9 Å². The summed E-state index contributed by atoms with van der Waals surface area (Å²) in [6, 6.07) is 4.04. The average molecular weight is 244 g/mol. The van der Waals surface area contributed by atoms with Crippen molar-refractivity contribution in [3.8, 4) is 0 Å². The maximum Gasteiger partial charge on any atom is 0.203 e. The number of nitrogens with zero attached hydrogens (tertiary/aromatic N) is 4. The summed E-state index contributed by atoms with van der Waals surface area (Å²) in [4.78, 5) is 19.5. The van der Waals surface area contributed by atoms with Crippen LogP contribution in [-0.4, -0.2) is 48.1 Å². The highest BCUT2D eigenvalue weighted by atomic mass is 15.2. The monoisotopic (exact) mass is 244 g/mol. The molecule has 2 heterocycles. The molecule has 0 aliphatic carbocycles. The van der Waals surface area contributed by atoms with Crippen LogP contribution in [0.3, 0.4) is 0 Å². The third kappa shape index (κ3) is 1.57. The van der Waals surface area contributed by atoms with E-state index < -0.39 is 0 Å². The number of aromatic nitrogens is 4. The molecule has 18 heavy (non-hydrogen) atoms. The second-order valence-corrected chi connectivity index (χ2v) is 4.80. The molecule has 3 aromatic rings. The van der Waals surface area contributed by atoms with Crippen LogP contribution >= 0.6 is 0 Å². The molecule has 6 heteroatoms. The van der Waals surface area contributed by atoms with Crippen LogP contribution in [0.15, 0.2) is 12.1 Å². The molecule has 2 N–H and O–H groups in total. The van der Waals surface area contributed by atoms with Gasteiger partial charge >= 0.3 is 0 Å². The molecule has 2 aromatic heterocycles. The van der Waals surface area contributed by atoms with E-state index in [1.807, 2.05) is 50.1 Å². The second-order valence-electron chi connectivity index (χ2n) is 4.80. The lowest BCUT2D eigenvalue weighted by molar-refractivity contribution is 1.04. The quantitative estimate of drug-likeness (QED) is 0.718. The van der Waals surface area contributed by atoms with Crippen molar-refractivity contribution >= 4 is 34.0 Å². The Hall–Kier alpha value is -2.24. The highest BCUT2D eigenvalue weighted by molar-refractivity contribution is 5.93. The summed E-state index contributed by atoms with van der Waals surface area (Å²) in [6.07, 6.45) is 0. The predicted molar refractivity (Wildman–Crippen MR) is 74.4 cm³/mol. The molecule has 0 fully saturated rings. The molecule has 0 radical (unpaired) electrons. The summed E-state index contributed by atoms with van der Waals surface area (Å²) >= 11 is 0. The van der Waals surface area contributed by atoms with Crippen LogP contribution in [0.5, 0.6) is 0 Å². The lowest BCUT2D eigenvalue weighted by Crippen LogP contribution is -2.10. The van der Waals surface area contributed by atoms with Crippen molar-refractivity contribution in [2.24, 2.45) is 0 Å². The van der Waals surface area contributed by atoms with Crippen LogP contribution in [0.25, 0.3) is 22.1 Å². The molecule has 0 saturated carbocycles. The number of benzene rings is 1. The van der Waals surface area contributed by atoms with Crippen molar-refractivity contribution < 1.29 is 0 Å². The number of rotatable bonds is 2. The van der Waals surface area contributed by atoms with E-state index in [-0.39, 0.29) is 0 Å². The molecule has 0 bridgehead atoms. The first kappa shape index (κ1) is 10.9. The smallest absolute Gasteiger partial charge is 0.203 e. The van der Waals surface area contributed by atoms with Crippen LogP contribution in [0.1, 0.15) is 0 Å². The van der Waals surface area contributed by atoms with Gasteiger partial charge in [-0.25, -0.2) is 9.97 Å². The molecule has 0 amide bonds. The second kappa shape index (κ2) is 3.63. The largest absolute Gasteiger partial charge is 0.349 e. The van der Waals surface area contributed by atoms with Gasteiger partial charge in [-0.3, -0.25) is 0 Å². The summed E-state index contributed by atoms with van der Waals surface area (Å²) in [7, 11) is 7.86. The van der Waals surface area contributed by atoms with E-state index in [0.29, 0.717) is 0 Å². The van der Waals surface area contributed by atoms with E-state index in [2.05, 4.69) is 19.9 Å². The third-order valence-corrected chi connectivity index (χ3v) is 2.91. The first-order valence-corrected chi connectivity index (χ1v) is 5.79. The Labute approximate surface area is 105 Å². The van der Waals surface area contributed by atoms with Crippen LogP contribution in [0, 0.1) is 0 Å². The van der Waals surface area contributed by atoms with Gasteiger partial charge in [0.05, 0.1) is 22.1 Å². The first-order valence-electron chi connectivity index (χ1n) is 5.79. The Kier molecular flexibility index (Phi) is 2.19. The van der Waals surface area contributed by atoms with Crippen molar-refractivity contribution in [1.82, 2.24) is 19.9 Å². The van der Waals surface area contributed by atoms with Crippen molar-refractivity contribution in [2.75, 3.05) is 38.0 Å². The summed E-state index contributed by atoms with van der Waals surface area (Å²) in [6.45, 7) is 0. The highest BCUT2D eigenvalue weighted by Gasteiger charge is 2.09. The standard InChI is InChI=1S/C12H16N6/c1-17(2)11-13-7-5-9-10(6-8(7)14-11)16-12(15-9)18(3)4/h5-6H,1-4H3,(H,13,14)(H,15,16). The minimum Gasteiger partial charge on any atom is -0.349 e. The van der Waals surface area contributed by atoms with Crippen molar-refractivity contribution in [3.63, 3.8) is 0 Å². The summed E-state index contributed by atoms with van der Waals surface area (Å²) in [5, 5.41) is 0. The molecule has 0 aliphatic rings. The molecule has 0 unspecified atom stereocenters. The van der Waals surface area contributed by atoms with Crippen LogP contribution < -0.4 is 9.80 Å². The fourth-order valence-corrected chi connectivity index (χ4v) is 1.91. The number of aromatic amines is 2. The van der Waals surface area contributed by atoms with Gasteiger partial charge in [-0.05, 0) is 12.1 Å². The molecule has 6 nitrogen and oxygen atoms in total.